The van der Waals surface area contributed by atoms with Gasteiger partial charge in [-0.05, 0) is 32.4 Å². The van der Waals surface area contributed by atoms with Crippen LogP contribution in [0.3, 0.4) is 0 Å². The summed E-state index contributed by atoms with van der Waals surface area (Å²) >= 11 is 0. The Labute approximate surface area is 104 Å². The highest BCUT2D eigenvalue weighted by atomic mass is 16.1. The van der Waals surface area contributed by atoms with Gasteiger partial charge in [0.05, 0.1) is 0 Å². The second-order valence-electron chi connectivity index (χ2n) is 4.56. The fourth-order valence-electron chi connectivity index (χ4n) is 2.03. The molecular weight excluding hydrogens is 212 g/mol. The maximum atomic E-state index is 11.8. The summed E-state index contributed by atoms with van der Waals surface area (Å²) in [6, 6.07) is 5.85. The number of hydrogen-bond acceptors (Lipinski definition) is 2. The number of nitrogens with one attached hydrogen (secondary N) is 1. The van der Waals surface area contributed by atoms with Crippen LogP contribution in [-0.2, 0) is 6.54 Å². The normalized spacial score (nSPS) is 12.6. The maximum Gasteiger partial charge on any atom is 0.250 e. The fourth-order valence-corrected chi connectivity index (χ4v) is 2.03. The molecule has 1 unspecified atom stereocenters. The predicted octanol–water partition coefficient (Wildman–Crippen LogP) is 2.33. The van der Waals surface area contributed by atoms with Gasteiger partial charge in [0.15, 0.2) is 0 Å². The quantitative estimate of drug-likeness (QED) is 0.788. The van der Waals surface area contributed by atoms with Crippen LogP contribution in [0.1, 0.15) is 38.8 Å². The van der Waals surface area contributed by atoms with Crippen molar-refractivity contribution >= 4 is 0 Å². The Balaban J connectivity index is 2.74. The molecule has 1 heterocycles. The van der Waals surface area contributed by atoms with E-state index in [4.69, 9.17) is 0 Å². The molecule has 0 aliphatic rings. The first kappa shape index (κ1) is 14.0. The van der Waals surface area contributed by atoms with E-state index in [-0.39, 0.29) is 5.56 Å². The Morgan fingerprint density at radius 2 is 2.06 bits per heavy atom. The van der Waals surface area contributed by atoms with Crippen LogP contribution in [0.15, 0.2) is 23.0 Å². The minimum Gasteiger partial charge on any atom is -0.312 e. The summed E-state index contributed by atoms with van der Waals surface area (Å²) in [5, 5.41) is 3.51. The molecule has 0 saturated heterocycles. The second kappa shape index (κ2) is 7.28. The Hall–Kier alpha value is -1.09. The summed E-state index contributed by atoms with van der Waals surface area (Å²) in [5.74, 6) is 0. The Morgan fingerprint density at radius 3 is 2.65 bits per heavy atom. The third kappa shape index (κ3) is 4.35. The molecule has 3 heteroatoms. The Morgan fingerprint density at radius 1 is 1.29 bits per heavy atom. The van der Waals surface area contributed by atoms with Gasteiger partial charge in [-0.25, -0.2) is 0 Å². The first-order chi connectivity index (χ1) is 8.19. The largest absolute Gasteiger partial charge is 0.312 e. The SMILES string of the molecule is CCCNC(CCC)Cn1c(C)cccc1=O. The van der Waals surface area contributed by atoms with Crippen molar-refractivity contribution in [3.05, 3.63) is 34.2 Å². The van der Waals surface area contributed by atoms with Gasteiger partial charge in [-0.1, -0.05) is 26.3 Å². The van der Waals surface area contributed by atoms with Crippen LogP contribution < -0.4 is 10.9 Å². The van der Waals surface area contributed by atoms with Crippen molar-refractivity contribution in [2.75, 3.05) is 6.54 Å². The lowest BCUT2D eigenvalue weighted by molar-refractivity contribution is 0.411. The van der Waals surface area contributed by atoms with Gasteiger partial charge in [0.25, 0.3) is 5.56 Å². The van der Waals surface area contributed by atoms with E-state index in [0.29, 0.717) is 6.04 Å². The highest BCUT2D eigenvalue weighted by Crippen LogP contribution is 2.02. The zero-order valence-electron chi connectivity index (χ0n) is 11.2. The van der Waals surface area contributed by atoms with Crippen molar-refractivity contribution < 1.29 is 0 Å². The molecule has 1 N–H and O–H groups in total. The molecule has 1 aromatic heterocycles. The highest BCUT2D eigenvalue weighted by molar-refractivity contribution is 5.04. The minimum atomic E-state index is 0.101. The molecule has 0 bridgehead atoms. The van der Waals surface area contributed by atoms with Crippen molar-refractivity contribution in [3.63, 3.8) is 0 Å². The van der Waals surface area contributed by atoms with Crippen molar-refractivity contribution in [3.8, 4) is 0 Å². The van der Waals surface area contributed by atoms with E-state index < -0.39 is 0 Å². The van der Waals surface area contributed by atoms with Gasteiger partial charge in [0, 0.05) is 24.3 Å². The molecule has 3 nitrogen and oxygen atoms in total. The lowest BCUT2D eigenvalue weighted by Crippen LogP contribution is -2.37. The number of nitrogens with zero attached hydrogens (tertiary/aromatic N) is 1. The molecule has 0 fully saturated rings. The summed E-state index contributed by atoms with van der Waals surface area (Å²) in [5.41, 5.74) is 1.14. The van der Waals surface area contributed by atoms with Crippen LogP contribution in [0.25, 0.3) is 0 Å². The molecule has 0 aliphatic heterocycles. The van der Waals surface area contributed by atoms with Crippen LogP contribution in [-0.4, -0.2) is 17.2 Å². The van der Waals surface area contributed by atoms with Crippen molar-refractivity contribution in [2.45, 2.75) is 52.6 Å². The molecule has 0 aliphatic carbocycles. The molecular formula is C14H24N2O. The van der Waals surface area contributed by atoms with Gasteiger partial charge < -0.3 is 9.88 Å². The van der Waals surface area contributed by atoms with E-state index in [9.17, 15) is 4.79 Å². The molecule has 0 radical (unpaired) electrons. The van der Waals surface area contributed by atoms with Crippen LogP contribution in [0.5, 0.6) is 0 Å². The second-order valence-corrected chi connectivity index (χ2v) is 4.56. The fraction of sp³-hybridized carbons (Fsp3) is 0.643. The van der Waals surface area contributed by atoms with E-state index in [2.05, 4.69) is 19.2 Å². The average Bonchev–Trinajstić information content (AvgIpc) is 2.31. The molecule has 0 amide bonds. The maximum absolute atomic E-state index is 11.8. The Kier molecular flexibility index (Phi) is 5.98. The summed E-state index contributed by atoms with van der Waals surface area (Å²) in [6.07, 6.45) is 3.38. The number of pyridine rings is 1. The monoisotopic (exact) mass is 236 g/mol. The molecule has 0 spiro atoms. The molecule has 1 atom stereocenters. The minimum absolute atomic E-state index is 0.101. The smallest absolute Gasteiger partial charge is 0.250 e. The first-order valence-corrected chi connectivity index (χ1v) is 6.58. The number of aryl methyl sites for hydroxylation is 1. The average molecular weight is 236 g/mol. The summed E-state index contributed by atoms with van der Waals surface area (Å²) in [6.45, 7) is 8.13. The Bertz CT molecular complexity index is 384. The third-order valence-corrected chi connectivity index (χ3v) is 2.99. The summed E-state index contributed by atoms with van der Waals surface area (Å²) in [7, 11) is 0. The molecule has 0 saturated carbocycles. The number of hydrogen-bond donors (Lipinski definition) is 1. The van der Waals surface area contributed by atoms with Gasteiger partial charge in [0.1, 0.15) is 0 Å². The van der Waals surface area contributed by atoms with Crippen molar-refractivity contribution in [1.29, 1.82) is 0 Å². The topological polar surface area (TPSA) is 34.0 Å². The van der Waals surface area contributed by atoms with Crippen LogP contribution >= 0.6 is 0 Å². The van der Waals surface area contributed by atoms with Crippen LogP contribution in [0, 0.1) is 6.92 Å². The molecule has 0 aromatic carbocycles. The van der Waals surface area contributed by atoms with Crippen LogP contribution in [0.4, 0.5) is 0 Å². The van der Waals surface area contributed by atoms with E-state index in [1.54, 1.807) is 6.07 Å². The van der Waals surface area contributed by atoms with Gasteiger partial charge in [-0.2, -0.15) is 0 Å². The zero-order chi connectivity index (χ0) is 12.7. The van der Waals surface area contributed by atoms with Crippen LogP contribution in [0.2, 0.25) is 0 Å². The highest BCUT2D eigenvalue weighted by Gasteiger charge is 2.09. The van der Waals surface area contributed by atoms with Gasteiger partial charge in [-0.15, -0.1) is 0 Å². The standard InChI is InChI=1S/C14H24N2O/c1-4-7-13(15-10-5-2)11-16-12(3)8-6-9-14(16)17/h6,8-9,13,15H,4-5,7,10-11H2,1-3H3. The van der Waals surface area contributed by atoms with Gasteiger partial charge in [-0.3, -0.25) is 4.79 Å². The number of rotatable bonds is 7. The van der Waals surface area contributed by atoms with E-state index >= 15 is 0 Å². The first-order valence-electron chi connectivity index (χ1n) is 6.58. The third-order valence-electron chi connectivity index (χ3n) is 2.99. The molecule has 1 rings (SSSR count). The number of aromatic nitrogens is 1. The van der Waals surface area contributed by atoms with Gasteiger partial charge in [0.2, 0.25) is 0 Å². The molecule has 1 aromatic rings. The van der Waals surface area contributed by atoms with E-state index in [0.717, 1.165) is 38.0 Å². The van der Waals surface area contributed by atoms with Gasteiger partial charge >= 0.3 is 0 Å². The van der Waals surface area contributed by atoms with Crippen molar-refractivity contribution in [2.24, 2.45) is 0 Å². The lowest BCUT2D eigenvalue weighted by Gasteiger charge is -2.20. The van der Waals surface area contributed by atoms with E-state index in [1.807, 2.05) is 23.6 Å². The van der Waals surface area contributed by atoms with E-state index in [1.165, 1.54) is 0 Å². The predicted molar refractivity (Wildman–Crippen MR) is 72.4 cm³/mol. The van der Waals surface area contributed by atoms with Crippen molar-refractivity contribution in [1.82, 2.24) is 9.88 Å². The molecule has 17 heavy (non-hydrogen) atoms. The zero-order valence-corrected chi connectivity index (χ0v) is 11.2. The summed E-state index contributed by atoms with van der Waals surface area (Å²) in [4.78, 5) is 11.8. The molecule has 96 valence electrons. The lowest BCUT2D eigenvalue weighted by atomic mass is 10.1. The summed E-state index contributed by atoms with van der Waals surface area (Å²) < 4.78 is 1.86.